The van der Waals surface area contributed by atoms with Crippen molar-refractivity contribution < 1.29 is 9.59 Å². The van der Waals surface area contributed by atoms with Crippen LogP contribution in [0.4, 0.5) is 0 Å². The highest BCUT2D eigenvalue weighted by Crippen LogP contribution is 2.47. The molecule has 2 aromatic heterocycles. The van der Waals surface area contributed by atoms with E-state index in [1.807, 2.05) is 9.80 Å². The van der Waals surface area contributed by atoms with Crippen molar-refractivity contribution in [3.63, 3.8) is 0 Å². The van der Waals surface area contributed by atoms with Crippen molar-refractivity contribution in [2.24, 2.45) is 5.92 Å². The molecule has 37 heavy (non-hydrogen) atoms. The third-order valence-electron chi connectivity index (χ3n) is 9.41. The molecule has 6 heteroatoms. The van der Waals surface area contributed by atoms with E-state index in [0.717, 1.165) is 36.7 Å². The minimum absolute atomic E-state index is 0.167. The first-order valence-corrected chi connectivity index (χ1v) is 13.9. The minimum atomic E-state index is -0.197. The molecule has 3 fully saturated rings. The number of amides is 2. The number of benzene rings is 2. The normalized spacial score (nSPS) is 22.5. The van der Waals surface area contributed by atoms with Crippen LogP contribution in [0.3, 0.4) is 0 Å². The van der Waals surface area contributed by atoms with E-state index in [4.69, 9.17) is 0 Å². The predicted octanol–water partition coefficient (Wildman–Crippen LogP) is 5.35. The van der Waals surface area contributed by atoms with Crippen molar-refractivity contribution in [3.8, 4) is 0 Å². The molecule has 0 spiro atoms. The van der Waals surface area contributed by atoms with Crippen LogP contribution in [0, 0.1) is 5.92 Å². The number of aromatic nitrogens is 2. The molecular weight excluding hydrogens is 460 g/mol. The van der Waals surface area contributed by atoms with Gasteiger partial charge in [-0.05, 0) is 48.9 Å². The van der Waals surface area contributed by atoms with Gasteiger partial charge in [-0.25, -0.2) is 0 Å². The van der Waals surface area contributed by atoms with Crippen LogP contribution in [0.25, 0.3) is 21.8 Å². The molecular formula is C31H34N4O2. The van der Waals surface area contributed by atoms with E-state index in [0.29, 0.717) is 32.1 Å². The van der Waals surface area contributed by atoms with Crippen molar-refractivity contribution in [1.29, 1.82) is 0 Å². The van der Waals surface area contributed by atoms with E-state index in [1.165, 1.54) is 34.7 Å². The van der Waals surface area contributed by atoms with Gasteiger partial charge in [-0.3, -0.25) is 9.59 Å². The Bertz CT molecular complexity index is 1390. The van der Waals surface area contributed by atoms with Crippen LogP contribution in [0.1, 0.15) is 56.1 Å². The lowest BCUT2D eigenvalue weighted by Crippen LogP contribution is -2.48. The van der Waals surface area contributed by atoms with Crippen molar-refractivity contribution in [2.45, 2.75) is 56.4 Å². The maximum Gasteiger partial charge on any atom is 0.227 e. The summed E-state index contributed by atoms with van der Waals surface area (Å²) in [6, 6.07) is 17.4. The van der Waals surface area contributed by atoms with Crippen LogP contribution in [-0.2, 0) is 15.0 Å². The summed E-state index contributed by atoms with van der Waals surface area (Å²) in [4.78, 5) is 37.5. The summed E-state index contributed by atoms with van der Waals surface area (Å²) < 4.78 is 0. The maximum atomic E-state index is 13.6. The zero-order valence-electron chi connectivity index (χ0n) is 21.2. The SMILES string of the molecule is O=C([C@@H]1CC(=O)N(C2CCCC2)C1)N1CCC(c2c[nH]c3ccccc23)(c2c[nH]c3ccccc23)CC1. The Hall–Kier alpha value is -3.54. The van der Waals surface area contributed by atoms with Crippen molar-refractivity contribution in [3.05, 3.63) is 72.1 Å². The van der Waals surface area contributed by atoms with Crippen LogP contribution in [0.2, 0.25) is 0 Å². The number of likely N-dealkylation sites (tertiary alicyclic amines) is 2. The number of nitrogens with one attached hydrogen (secondary N) is 2. The van der Waals surface area contributed by atoms with E-state index in [9.17, 15) is 9.59 Å². The predicted molar refractivity (Wildman–Crippen MR) is 145 cm³/mol. The Kier molecular flexibility index (Phi) is 5.38. The zero-order valence-corrected chi connectivity index (χ0v) is 21.2. The summed E-state index contributed by atoms with van der Waals surface area (Å²) in [5, 5.41) is 2.50. The van der Waals surface area contributed by atoms with Gasteiger partial charge >= 0.3 is 0 Å². The summed E-state index contributed by atoms with van der Waals surface area (Å²) in [7, 11) is 0. The molecule has 2 amide bonds. The van der Waals surface area contributed by atoms with Gasteiger partial charge in [-0.1, -0.05) is 49.2 Å². The number of H-pyrrole nitrogens is 2. The van der Waals surface area contributed by atoms with E-state index in [2.05, 4.69) is 70.9 Å². The average Bonchev–Trinajstić information content (AvgIpc) is 3.74. The Morgan fingerprint density at radius 1 is 0.838 bits per heavy atom. The molecule has 6 nitrogen and oxygen atoms in total. The van der Waals surface area contributed by atoms with Crippen molar-refractivity contribution >= 4 is 33.6 Å². The molecule has 1 atom stereocenters. The Morgan fingerprint density at radius 2 is 1.41 bits per heavy atom. The number of piperidine rings is 1. The van der Waals surface area contributed by atoms with Crippen molar-refractivity contribution in [2.75, 3.05) is 19.6 Å². The minimum Gasteiger partial charge on any atom is -0.361 e. The topological polar surface area (TPSA) is 72.2 Å². The number of carbonyl (C=O) groups excluding carboxylic acids is 2. The summed E-state index contributed by atoms with van der Waals surface area (Å²) in [5.41, 5.74) is 4.71. The number of nitrogens with zero attached hydrogens (tertiary/aromatic N) is 2. The molecule has 0 bridgehead atoms. The number of rotatable bonds is 4. The van der Waals surface area contributed by atoms with Gasteiger partial charge in [0.25, 0.3) is 0 Å². The van der Waals surface area contributed by atoms with Crippen LogP contribution in [0.15, 0.2) is 60.9 Å². The molecule has 3 aliphatic rings. The van der Waals surface area contributed by atoms with Gasteiger partial charge in [0.2, 0.25) is 11.8 Å². The fraction of sp³-hybridized carbons (Fsp3) is 0.419. The van der Waals surface area contributed by atoms with E-state index in [1.54, 1.807) is 0 Å². The fourth-order valence-corrected chi connectivity index (χ4v) is 7.45. The number of aromatic amines is 2. The first-order valence-electron chi connectivity index (χ1n) is 13.9. The first-order chi connectivity index (χ1) is 18.1. The third kappa shape index (κ3) is 3.60. The Balaban J connectivity index is 1.19. The van der Waals surface area contributed by atoms with Gasteiger partial charge in [0.05, 0.1) is 5.92 Å². The molecule has 2 N–H and O–H groups in total. The number of para-hydroxylation sites is 2. The lowest BCUT2D eigenvalue weighted by molar-refractivity contribution is -0.137. The highest BCUT2D eigenvalue weighted by Gasteiger charge is 2.45. The number of carbonyl (C=O) groups is 2. The third-order valence-corrected chi connectivity index (χ3v) is 9.41. The van der Waals surface area contributed by atoms with E-state index < -0.39 is 0 Å². The van der Waals surface area contributed by atoms with E-state index >= 15 is 0 Å². The first kappa shape index (κ1) is 22.6. The largest absolute Gasteiger partial charge is 0.361 e. The lowest BCUT2D eigenvalue weighted by Gasteiger charge is -2.43. The van der Waals surface area contributed by atoms with Crippen LogP contribution in [-0.4, -0.2) is 57.3 Å². The lowest BCUT2D eigenvalue weighted by atomic mass is 9.67. The Labute approximate surface area is 217 Å². The van der Waals surface area contributed by atoms with Gasteiger partial charge in [0.1, 0.15) is 0 Å². The van der Waals surface area contributed by atoms with Gasteiger partial charge in [-0.2, -0.15) is 0 Å². The summed E-state index contributed by atoms with van der Waals surface area (Å²) in [6.45, 7) is 2.01. The molecule has 1 saturated carbocycles. The number of hydrogen-bond acceptors (Lipinski definition) is 2. The summed E-state index contributed by atoms with van der Waals surface area (Å²) in [6.07, 6.45) is 11.0. The molecule has 190 valence electrons. The zero-order chi connectivity index (χ0) is 25.0. The Morgan fingerprint density at radius 3 is 2.00 bits per heavy atom. The number of fused-ring (bicyclic) bond motifs is 2. The average molecular weight is 495 g/mol. The summed E-state index contributed by atoms with van der Waals surface area (Å²) >= 11 is 0. The van der Waals surface area contributed by atoms with Gasteiger partial charge in [-0.15, -0.1) is 0 Å². The fourth-order valence-electron chi connectivity index (χ4n) is 7.45. The molecule has 2 aromatic carbocycles. The van der Waals surface area contributed by atoms with Gasteiger partial charge in [0, 0.05) is 71.7 Å². The van der Waals surface area contributed by atoms with Crippen LogP contribution < -0.4 is 0 Å². The summed E-state index contributed by atoms with van der Waals surface area (Å²) in [5.74, 6) is 0.149. The maximum absolute atomic E-state index is 13.6. The van der Waals surface area contributed by atoms with E-state index in [-0.39, 0.29) is 23.1 Å². The van der Waals surface area contributed by atoms with Crippen molar-refractivity contribution in [1.82, 2.24) is 19.8 Å². The second-order valence-corrected chi connectivity index (χ2v) is 11.3. The van der Waals surface area contributed by atoms with Gasteiger partial charge in [0.15, 0.2) is 0 Å². The molecule has 1 aliphatic carbocycles. The highest BCUT2D eigenvalue weighted by molar-refractivity contribution is 5.91. The molecule has 0 radical (unpaired) electrons. The van der Waals surface area contributed by atoms with Crippen LogP contribution in [0.5, 0.6) is 0 Å². The standard InChI is InChI=1S/C31H34N4O2/c36-29-17-21(20-35(29)22-7-1-2-8-22)30(37)34-15-13-31(14-16-34,25-18-32-27-11-5-3-9-23(25)27)26-19-33-28-12-6-4-10-24(26)28/h3-6,9-12,18-19,21-22,32-33H,1-2,7-8,13-17,20H2/t21-/m1/s1. The highest BCUT2D eigenvalue weighted by atomic mass is 16.2. The van der Waals surface area contributed by atoms with Gasteiger partial charge < -0.3 is 19.8 Å². The quantitative estimate of drug-likeness (QED) is 0.402. The second-order valence-electron chi connectivity index (χ2n) is 11.3. The van der Waals surface area contributed by atoms with Crippen LogP contribution >= 0.6 is 0 Å². The molecule has 4 heterocycles. The molecule has 0 unspecified atom stereocenters. The monoisotopic (exact) mass is 494 g/mol. The molecule has 2 saturated heterocycles. The second kappa shape index (κ2) is 8.79. The smallest absolute Gasteiger partial charge is 0.227 e. The molecule has 2 aliphatic heterocycles. The molecule has 4 aromatic rings. The number of hydrogen-bond donors (Lipinski definition) is 2. The molecule has 7 rings (SSSR count).